The molecule has 0 aliphatic heterocycles. The fraction of sp³-hybridized carbons (Fsp3) is 0.250. The van der Waals surface area contributed by atoms with Crippen molar-refractivity contribution in [3.05, 3.63) is 24.3 Å². The van der Waals surface area contributed by atoms with Crippen LogP contribution in [0.3, 0.4) is 0 Å². The van der Waals surface area contributed by atoms with Gasteiger partial charge in [0.15, 0.2) is 0 Å². The van der Waals surface area contributed by atoms with Crippen LogP contribution in [0.5, 0.6) is 0 Å². The summed E-state index contributed by atoms with van der Waals surface area (Å²) in [5.74, 6) is -2.05. The van der Waals surface area contributed by atoms with Gasteiger partial charge in [0.05, 0.1) is 17.5 Å². The molecule has 0 fully saturated rings. The van der Waals surface area contributed by atoms with E-state index in [1.807, 2.05) is 0 Å². The molecule has 0 spiro atoms. The van der Waals surface area contributed by atoms with Gasteiger partial charge in [-0.1, -0.05) is 12.1 Å². The average molecular weight is 263 g/mol. The second-order valence-electron chi connectivity index (χ2n) is 4.00. The number of para-hydroxylation sites is 2. The molecule has 1 heterocycles. The lowest BCUT2D eigenvalue weighted by atomic mass is 10.2. The SMILES string of the molecule is CNc1nc2ccccc2n1C(CC(=O)O)C(=O)O. The molecular formula is C12H13N3O4. The van der Waals surface area contributed by atoms with E-state index in [0.29, 0.717) is 17.0 Å². The molecule has 0 amide bonds. The first-order chi connectivity index (χ1) is 9.04. The van der Waals surface area contributed by atoms with E-state index in [9.17, 15) is 14.7 Å². The Balaban J connectivity index is 2.63. The van der Waals surface area contributed by atoms with Gasteiger partial charge in [-0.3, -0.25) is 9.36 Å². The number of nitrogens with zero attached hydrogens (tertiary/aromatic N) is 2. The van der Waals surface area contributed by atoms with Gasteiger partial charge < -0.3 is 15.5 Å². The van der Waals surface area contributed by atoms with Crippen molar-refractivity contribution in [2.24, 2.45) is 0 Å². The highest BCUT2D eigenvalue weighted by Gasteiger charge is 2.27. The van der Waals surface area contributed by atoms with E-state index in [4.69, 9.17) is 5.11 Å². The molecule has 2 aromatic rings. The predicted octanol–water partition coefficient (Wildman–Crippen LogP) is 1.18. The third-order valence-corrected chi connectivity index (χ3v) is 2.78. The highest BCUT2D eigenvalue weighted by atomic mass is 16.4. The van der Waals surface area contributed by atoms with E-state index in [1.165, 1.54) is 4.57 Å². The third-order valence-electron chi connectivity index (χ3n) is 2.78. The van der Waals surface area contributed by atoms with Gasteiger partial charge in [0.25, 0.3) is 0 Å². The number of nitrogens with one attached hydrogen (secondary N) is 1. The molecule has 0 saturated carbocycles. The minimum atomic E-state index is -1.21. The Bertz CT molecular complexity index is 635. The van der Waals surface area contributed by atoms with Crippen molar-refractivity contribution in [1.82, 2.24) is 9.55 Å². The summed E-state index contributed by atoms with van der Waals surface area (Å²) in [5.41, 5.74) is 1.20. The number of carboxylic acids is 2. The van der Waals surface area contributed by atoms with Crippen molar-refractivity contribution in [3.8, 4) is 0 Å². The Kier molecular flexibility index (Phi) is 3.37. The molecule has 1 aromatic heterocycles. The number of aliphatic carboxylic acids is 2. The number of carbonyl (C=O) groups is 2. The average Bonchev–Trinajstić information content (AvgIpc) is 2.73. The molecule has 0 saturated heterocycles. The van der Waals surface area contributed by atoms with Crippen LogP contribution in [-0.4, -0.2) is 38.8 Å². The van der Waals surface area contributed by atoms with Crippen LogP contribution >= 0.6 is 0 Å². The number of aromatic nitrogens is 2. The van der Waals surface area contributed by atoms with Gasteiger partial charge in [-0.15, -0.1) is 0 Å². The standard InChI is InChI=1S/C12H13N3O4/c1-13-12-14-7-4-2-3-5-8(7)15(12)9(11(18)19)6-10(16)17/h2-5,9H,6H2,1H3,(H,13,14)(H,16,17)(H,18,19). The number of fused-ring (bicyclic) bond motifs is 1. The van der Waals surface area contributed by atoms with E-state index in [1.54, 1.807) is 31.3 Å². The van der Waals surface area contributed by atoms with Gasteiger partial charge in [0.1, 0.15) is 6.04 Å². The van der Waals surface area contributed by atoms with Gasteiger partial charge in [0, 0.05) is 7.05 Å². The lowest BCUT2D eigenvalue weighted by Gasteiger charge is -2.15. The molecular weight excluding hydrogens is 250 g/mol. The summed E-state index contributed by atoms with van der Waals surface area (Å²) in [5, 5.41) is 20.9. The van der Waals surface area contributed by atoms with Crippen LogP contribution in [0.4, 0.5) is 5.95 Å². The number of hydrogen-bond donors (Lipinski definition) is 3. The highest BCUT2D eigenvalue weighted by molar-refractivity contribution is 5.85. The van der Waals surface area contributed by atoms with Crippen molar-refractivity contribution in [1.29, 1.82) is 0 Å². The molecule has 7 nitrogen and oxygen atoms in total. The highest BCUT2D eigenvalue weighted by Crippen LogP contribution is 2.26. The van der Waals surface area contributed by atoms with Crippen LogP contribution in [-0.2, 0) is 9.59 Å². The summed E-state index contributed by atoms with van der Waals surface area (Å²) in [6.07, 6.45) is -0.510. The number of carboxylic acid groups (broad SMARTS) is 2. The maximum atomic E-state index is 11.3. The monoisotopic (exact) mass is 263 g/mol. The van der Waals surface area contributed by atoms with E-state index in [-0.39, 0.29) is 0 Å². The van der Waals surface area contributed by atoms with Crippen LogP contribution < -0.4 is 5.32 Å². The summed E-state index contributed by atoms with van der Waals surface area (Å²) in [4.78, 5) is 26.4. The van der Waals surface area contributed by atoms with Crippen molar-refractivity contribution >= 4 is 28.9 Å². The van der Waals surface area contributed by atoms with Gasteiger partial charge in [0.2, 0.25) is 5.95 Å². The van der Waals surface area contributed by atoms with E-state index in [0.717, 1.165) is 0 Å². The van der Waals surface area contributed by atoms with E-state index >= 15 is 0 Å². The summed E-state index contributed by atoms with van der Waals surface area (Å²) in [6, 6.07) is 5.78. The second kappa shape index (κ2) is 4.97. The smallest absolute Gasteiger partial charge is 0.327 e. The molecule has 3 N–H and O–H groups in total. The number of anilines is 1. The zero-order valence-corrected chi connectivity index (χ0v) is 10.2. The van der Waals surface area contributed by atoms with Crippen LogP contribution in [0.25, 0.3) is 11.0 Å². The maximum absolute atomic E-state index is 11.3. The Morgan fingerprint density at radius 3 is 2.63 bits per heavy atom. The Hall–Kier alpha value is -2.57. The van der Waals surface area contributed by atoms with Gasteiger partial charge in [-0.05, 0) is 12.1 Å². The quantitative estimate of drug-likeness (QED) is 0.748. The Morgan fingerprint density at radius 2 is 2.05 bits per heavy atom. The fourth-order valence-electron chi connectivity index (χ4n) is 1.99. The molecule has 1 unspecified atom stereocenters. The van der Waals surface area contributed by atoms with Crippen molar-refractivity contribution in [2.45, 2.75) is 12.5 Å². The summed E-state index contributed by atoms with van der Waals surface area (Å²) < 4.78 is 1.39. The number of imidazole rings is 1. The van der Waals surface area contributed by atoms with E-state index in [2.05, 4.69) is 10.3 Å². The lowest BCUT2D eigenvalue weighted by molar-refractivity contribution is -0.147. The van der Waals surface area contributed by atoms with Crippen LogP contribution in [0.1, 0.15) is 12.5 Å². The fourth-order valence-corrected chi connectivity index (χ4v) is 1.99. The molecule has 0 aliphatic carbocycles. The zero-order chi connectivity index (χ0) is 14.0. The number of hydrogen-bond acceptors (Lipinski definition) is 4. The molecule has 1 aromatic carbocycles. The van der Waals surface area contributed by atoms with Gasteiger partial charge >= 0.3 is 11.9 Å². The molecule has 2 rings (SSSR count). The van der Waals surface area contributed by atoms with Crippen molar-refractivity contribution in [3.63, 3.8) is 0 Å². The predicted molar refractivity (Wildman–Crippen MR) is 68.2 cm³/mol. The number of benzene rings is 1. The Labute approximate surface area is 108 Å². The van der Waals surface area contributed by atoms with Crippen molar-refractivity contribution < 1.29 is 19.8 Å². The van der Waals surface area contributed by atoms with Gasteiger partial charge in [-0.2, -0.15) is 0 Å². The normalized spacial score (nSPS) is 12.3. The molecule has 0 aliphatic rings. The zero-order valence-electron chi connectivity index (χ0n) is 10.2. The van der Waals surface area contributed by atoms with Crippen LogP contribution in [0, 0.1) is 0 Å². The van der Waals surface area contributed by atoms with Crippen molar-refractivity contribution in [2.75, 3.05) is 12.4 Å². The first kappa shape index (κ1) is 12.9. The molecule has 100 valence electrons. The topological polar surface area (TPSA) is 104 Å². The first-order valence-corrected chi connectivity index (χ1v) is 5.64. The lowest BCUT2D eigenvalue weighted by Crippen LogP contribution is -2.23. The minimum absolute atomic E-state index is 0.329. The molecule has 7 heteroatoms. The summed E-state index contributed by atoms with van der Waals surface area (Å²) in [7, 11) is 1.61. The number of rotatable bonds is 5. The molecule has 0 bridgehead atoms. The largest absolute Gasteiger partial charge is 0.481 e. The van der Waals surface area contributed by atoms with Crippen LogP contribution in [0.2, 0.25) is 0 Å². The maximum Gasteiger partial charge on any atom is 0.327 e. The summed E-state index contributed by atoms with van der Waals surface area (Å²) in [6.45, 7) is 0. The minimum Gasteiger partial charge on any atom is -0.481 e. The van der Waals surface area contributed by atoms with E-state index < -0.39 is 24.4 Å². The molecule has 1 atom stereocenters. The second-order valence-corrected chi connectivity index (χ2v) is 4.00. The Morgan fingerprint density at radius 1 is 1.37 bits per heavy atom. The molecule has 19 heavy (non-hydrogen) atoms. The summed E-state index contributed by atoms with van der Waals surface area (Å²) >= 11 is 0. The molecule has 0 radical (unpaired) electrons. The van der Waals surface area contributed by atoms with Gasteiger partial charge in [-0.25, -0.2) is 9.78 Å². The van der Waals surface area contributed by atoms with Crippen LogP contribution in [0.15, 0.2) is 24.3 Å². The first-order valence-electron chi connectivity index (χ1n) is 5.64. The third kappa shape index (κ3) is 2.35.